The summed E-state index contributed by atoms with van der Waals surface area (Å²) in [5.74, 6) is -1.24. The van der Waals surface area contributed by atoms with Crippen molar-refractivity contribution in [2.45, 2.75) is 38.3 Å². The molecule has 0 spiro atoms. The van der Waals surface area contributed by atoms with Crippen LogP contribution in [0.3, 0.4) is 0 Å². The summed E-state index contributed by atoms with van der Waals surface area (Å²) in [5, 5.41) is 5.69. The molecule has 3 amide bonds. The molecule has 1 saturated heterocycles. The van der Waals surface area contributed by atoms with E-state index in [-0.39, 0.29) is 61.3 Å². The molecule has 0 aliphatic carbocycles. The van der Waals surface area contributed by atoms with Crippen LogP contribution in [0.4, 0.5) is 4.39 Å². The lowest BCUT2D eigenvalue weighted by molar-refractivity contribution is -0.122. The Labute approximate surface area is 220 Å². The summed E-state index contributed by atoms with van der Waals surface area (Å²) >= 11 is 0. The lowest BCUT2D eigenvalue weighted by atomic mass is 9.97. The number of hydrogen-bond donors (Lipinski definition) is 2. The van der Waals surface area contributed by atoms with Crippen molar-refractivity contribution in [2.24, 2.45) is 0 Å². The number of nitrogens with one attached hydrogen (secondary N) is 2. The first kappa shape index (κ1) is 25.4. The maximum absolute atomic E-state index is 14.2. The third kappa shape index (κ3) is 5.22. The molecule has 2 atom stereocenters. The van der Waals surface area contributed by atoms with Gasteiger partial charge in [0.2, 0.25) is 5.91 Å². The van der Waals surface area contributed by atoms with Gasteiger partial charge in [0.25, 0.3) is 11.8 Å². The van der Waals surface area contributed by atoms with Crippen LogP contribution in [-0.2, 0) is 4.79 Å². The lowest BCUT2D eigenvalue weighted by Crippen LogP contribution is -2.48. The maximum Gasteiger partial charge on any atom is 0.256 e. The van der Waals surface area contributed by atoms with Crippen molar-refractivity contribution in [3.05, 3.63) is 83.4 Å². The number of hydrogen-bond acceptors (Lipinski definition) is 5. The largest absolute Gasteiger partial charge is 0.491 e. The molecule has 38 heavy (non-hydrogen) atoms. The Morgan fingerprint density at radius 3 is 2.63 bits per heavy atom. The van der Waals surface area contributed by atoms with Crippen molar-refractivity contribution in [1.82, 2.24) is 20.5 Å². The van der Waals surface area contributed by atoms with Crippen LogP contribution in [-0.4, -0.2) is 59.4 Å². The second-order valence-corrected chi connectivity index (χ2v) is 9.54. The Hall–Kier alpha value is -4.27. The molecule has 0 radical (unpaired) electrons. The maximum atomic E-state index is 14.2. The molecule has 2 N–H and O–H groups in total. The molecule has 3 heterocycles. The number of benzene rings is 2. The highest BCUT2D eigenvalue weighted by Gasteiger charge is 2.40. The quantitative estimate of drug-likeness (QED) is 0.543. The molecule has 1 aromatic heterocycles. The third-order valence-corrected chi connectivity index (χ3v) is 7.08. The van der Waals surface area contributed by atoms with E-state index < -0.39 is 11.7 Å². The Bertz CT molecular complexity index is 1360. The van der Waals surface area contributed by atoms with Crippen LogP contribution in [0.5, 0.6) is 5.75 Å². The van der Waals surface area contributed by atoms with E-state index >= 15 is 0 Å². The number of rotatable bonds is 2. The van der Waals surface area contributed by atoms with Gasteiger partial charge in [-0.3, -0.25) is 19.4 Å². The fourth-order valence-corrected chi connectivity index (χ4v) is 5.27. The van der Waals surface area contributed by atoms with E-state index in [0.717, 1.165) is 17.2 Å². The molecule has 9 heteroatoms. The number of halogens is 1. The van der Waals surface area contributed by atoms with Gasteiger partial charge in [-0.15, -0.1) is 0 Å². The second-order valence-electron chi connectivity index (χ2n) is 9.54. The smallest absolute Gasteiger partial charge is 0.256 e. The van der Waals surface area contributed by atoms with E-state index in [9.17, 15) is 18.8 Å². The minimum Gasteiger partial charge on any atom is -0.491 e. The number of ether oxygens (including phenoxy) is 1. The highest BCUT2D eigenvalue weighted by molar-refractivity contribution is 6.02. The number of nitrogens with zero attached hydrogens (tertiary/aromatic N) is 2. The molecule has 2 aromatic carbocycles. The lowest BCUT2D eigenvalue weighted by Gasteiger charge is -2.32. The Balaban J connectivity index is 1.50. The summed E-state index contributed by atoms with van der Waals surface area (Å²) in [4.78, 5) is 46.2. The molecule has 2 bridgehead atoms. The molecule has 0 saturated carbocycles. The summed E-state index contributed by atoms with van der Waals surface area (Å²) in [6, 6.07) is 14.5. The molecule has 2 aliphatic heterocycles. The fourth-order valence-electron chi connectivity index (χ4n) is 5.27. The Kier molecular flexibility index (Phi) is 7.35. The molecular formula is C29H29FN4O4. The minimum absolute atomic E-state index is 0.0651. The van der Waals surface area contributed by atoms with Crippen LogP contribution in [0.2, 0.25) is 0 Å². The minimum atomic E-state index is -0.560. The topological polar surface area (TPSA) is 101 Å². The van der Waals surface area contributed by atoms with Crippen LogP contribution in [0.25, 0.3) is 11.1 Å². The highest BCUT2D eigenvalue weighted by atomic mass is 19.1. The molecule has 0 unspecified atom stereocenters. The SMILES string of the molecule is Cc1nccc(-c2ccccc2)c1C(=O)N1[C@@H]2CC[C@H]1CC(=O)NCCOc1ccc(F)cc1C(=O)NC2. The van der Waals surface area contributed by atoms with Gasteiger partial charge >= 0.3 is 0 Å². The van der Waals surface area contributed by atoms with E-state index in [4.69, 9.17) is 4.74 Å². The van der Waals surface area contributed by atoms with Crippen molar-refractivity contribution in [3.63, 3.8) is 0 Å². The van der Waals surface area contributed by atoms with E-state index in [1.54, 1.807) is 18.0 Å². The van der Waals surface area contributed by atoms with Gasteiger partial charge in [-0.25, -0.2) is 4.39 Å². The van der Waals surface area contributed by atoms with Gasteiger partial charge in [0.15, 0.2) is 0 Å². The molecule has 196 valence electrons. The number of aromatic nitrogens is 1. The Morgan fingerprint density at radius 2 is 1.82 bits per heavy atom. The van der Waals surface area contributed by atoms with E-state index in [0.29, 0.717) is 24.1 Å². The van der Waals surface area contributed by atoms with Crippen LogP contribution in [0.1, 0.15) is 45.7 Å². The summed E-state index contributed by atoms with van der Waals surface area (Å²) in [6.07, 6.45) is 3.04. The predicted octanol–water partition coefficient (Wildman–Crippen LogP) is 3.50. The van der Waals surface area contributed by atoms with E-state index in [2.05, 4.69) is 15.6 Å². The normalized spacial score (nSPS) is 20.0. The van der Waals surface area contributed by atoms with Crippen molar-refractivity contribution in [2.75, 3.05) is 19.7 Å². The molecule has 2 aliphatic rings. The van der Waals surface area contributed by atoms with Gasteiger partial charge in [0.1, 0.15) is 18.2 Å². The fraction of sp³-hybridized carbons (Fsp3) is 0.310. The Morgan fingerprint density at radius 1 is 1.03 bits per heavy atom. The van der Waals surface area contributed by atoms with E-state index in [1.165, 1.54) is 12.1 Å². The molecular weight excluding hydrogens is 487 g/mol. The van der Waals surface area contributed by atoms with Crippen LogP contribution in [0, 0.1) is 12.7 Å². The standard InChI is InChI=1S/C29H29FN4O4/c1-18-27(23(11-12-31-18)19-5-3-2-4-6-19)29(37)34-21-8-9-22(34)17-33-28(36)24-15-20(30)7-10-25(24)38-14-13-32-26(35)16-21/h2-7,10-12,15,21-22H,8-9,13-14,16-17H2,1H3,(H,32,35)(H,33,36)/t21-,22+/m0/s1. The zero-order valence-electron chi connectivity index (χ0n) is 21.1. The monoisotopic (exact) mass is 516 g/mol. The summed E-state index contributed by atoms with van der Waals surface area (Å²) in [5.41, 5.74) is 2.78. The average molecular weight is 517 g/mol. The predicted molar refractivity (Wildman–Crippen MR) is 139 cm³/mol. The number of amides is 3. The average Bonchev–Trinajstić information content (AvgIpc) is 3.31. The first-order valence-electron chi connectivity index (χ1n) is 12.7. The van der Waals surface area contributed by atoms with E-state index in [1.807, 2.05) is 36.4 Å². The highest BCUT2D eigenvalue weighted by Crippen LogP contribution is 2.33. The van der Waals surface area contributed by atoms with Crippen molar-refractivity contribution >= 4 is 17.7 Å². The molecule has 1 fully saturated rings. The third-order valence-electron chi connectivity index (χ3n) is 7.08. The van der Waals surface area contributed by atoms with Crippen LogP contribution >= 0.6 is 0 Å². The summed E-state index contributed by atoms with van der Waals surface area (Å²) < 4.78 is 19.6. The van der Waals surface area contributed by atoms with Gasteiger partial charge in [-0.2, -0.15) is 0 Å². The first-order chi connectivity index (χ1) is 18.4. The zero-order chi connectivity index (χ0) is 26.6. The van der Waals surface area contributed by atoms with Gasteiger partial charge in [0, 0.05) is 31.2 Å². The number of fused-ring (bicyclic) bond motifs is 3. The van der Waals surface area contributed by atoms with Crippen molar-refractivity contribution in [3.8, 4) is 16.9 Å². The van der Waals surface area contributed by atoms with Crippen molar-refractivity contribution in [1.29, 1.82) is 0 Å². The summed E-state index contributed by atoms with van der Waals surface area (Å²) in [6.45, 7) is 2.27. The van der Waals surface area contributed by atoms with Crippen LogP contribution in [0.15, 0.2) is 60.8 Å². The number of carbonyl (C=O) groups excluding carboxylic acids is 3. The second kappa shape index (κ2) is 11.0. The van der Waals surface area contributed by atoms with Gasteiger partial charge in [-0.05, 0) is 55.2 Å². The van der Waals surface area contributed by atoms with Crippen molar-refractivity contribution < 1.29 is 23.5 Å². The number of pyridine rings is 1. The number of carbonyl (C=O) groups is 3. The molecule has 5 rings (SSSR count). The van der Waals surface area contributed by atoms with Crippen LogP contribution < -0.4 is 15.4 Å². The molecule has 8 nitrogen and oxygen atoms in total. The van der Waals surface area contributed by atoms with Gasteiger partial charge in [0.05, 0.1) is 23.4 Å². The molecule has 3 aromatic rings. The zero-order valence-corrected chi connectivity index (χ0v) is 21.1. The number of aryl methyl sites for hydroxylation is 1. The van der Waals surface area contributed by atoms with Gasteiger partial charge in [-0.1, -0.05) is 30.3 Å². The first-order valence-corrected chi connectivity index (χ1v) is 12.7. The summed E-state index contributed by atoms with van der Waals surface area (Å²) in [7, 11) is 0. The van der Waals surface area contributed by atoms with Gasteiger partial charge < -0.3 is 20.3 Å².